The minimum absolute atomic E-state index is 0.0101. The van der Waals surface area contributed by atoms with E-state index in [0.717, 1.165) is 48.5 Å². The topological polar surface area (TPSA) is 62.7 Å². The van der Waals surface area contributed by atoms with Crippen molar-refractivity contribution in [2.24, 2.45) is 4.99 Å². The average molecular weight is 430 g/mol. The van der Waals surface area contributed by atoms with Gasteiger partial charge in [0.2, 0.25) is 0 Å². The zero-order valence-electron chi connectivity index (χ0n) is 16.3. The summed E-state index contributed by atoms with van der Waals surface area (Å²) >= 11 is 1.72. The number of aromatic amines is 1. The highest BCUT2D eigenvalue weighted by Crippen LogP contribution is 2.40. The number of ether oxygens (including phenoxy) is 2. The molecular formula is C21H20F2N4O2S. The molecule has 1 unspecified atom stereocenters. The summed E-state index contributed by atoms with van der Waals surface area (Å²) in [4.78, 5) is 14.6. The molecule has 0 aliphatic carbocycles. The summed E-state index contributed by atoms with van der Waals surface area (Å²) in [6, 6.07) is 4.12. The van der Waals surface area contributed by atoms with E-state index in [2.05, 4.69) is 14.9 Å². The highest BCUT2D eigenvalue weighted by molar-refractivity contribution is 8.14. The molecule has 2 aliphatic heterocycles. The summed E-state index contributed by atoms with van der Waals surface area (Å²) in [5, 5.41) is 1.97. The standard InChI is InChI=1S/C21H20F2N4O2S/c1-28-19-14(7-13(22)8-17(19)23)16-10-25-20-15(16)6-12(9-24-20)18-11-26-21(30-18)27-2-4-29-5-3-27/h6-10,18H,2-5,11H2,1H3,(H,24,25). The number of fused-ring (bicyclic) bond motifs is 1. The fourth-order valence-corrected chi connectivity index (χ4v) is 5.00. The van der Waals surface area contributed by atoms with E-state index in [1.807, 2.05) is 12.3 Å². The van der Waals surface area contributed by atoms with Crippen LogP contribution in [0.1, 0.15) is 10.8 Å². The Balaban J connectivity index is 1.48. The van der Waals surface area contributed by atoms with Crippen LogP contribution in [0.3, 0.4) is 0 Å². The summed E-state index contributed by atoms with van der Waals surface area (Å²) < 4.78 is 38.8. The number of halogens is 2. The van der Waals surface area contributed by atoms with E-state index in [-0.39, 0.29) is 11.0 Å². The smallest absolute Gasteiger partial charge is 0.168 e. The van der Waals surface area contributed by atoms with Crippen molar-refractivity contribution in [3.8, 4) is 16.9 Å². The highest BCUT2D eigenvalue weighted by Gasteiger charge is 2.27. The molecule has 4 heterocycles. The highest BCUT2D eigenvalue weighted by atomic mass is 32.2. The zero-order valence-corrected chi connectivity index (χ0v) is 17.1. The molecule has 0 radical (unpaired) electrons. The Morgan fingerprint density at radius 1 is 1.20 bits per heavy atom. The number of morpholine rings is 1. The number of nitrogens with zero attached hydrogens (tertiary/aromatic N) is 3. The first-order valence-electron chi connectivity index (χ1n) is 9.68. The third-order valence-electron chi connectivity index (χ3n) is 5.35. The minimum Gasteiger partial charge on any atom is -0.493 e. The third-order valence-corrected chi connectivity index (χ3v) is 6.65. The molecule has 5 rings (SSSR count). The molecule has 0 amide bonds. The lowest BCUT2D eigenvalue weighted by atomic mass is 10.0. The van der Waals surface area contributed by atoms with Crippen LogP contribution in [-0.4, -0.2) is 60.0 Å². The van der Waals surface area contributed by atoms with Crippen LogP contribution in [-0.2, 0) is 4.74 Å². The summed E-state index contributed by atoms with van der Waals surface area (Å²) in [7, 11) is 1.37. The van der Waals surface area contributed by atoms with Crippen molar-refractivity contribution in [2.75, 3.05) is 40.0 Å². The molecule has 1 atom stereocenters. The van der Waals surface area contributed by atoms with Crippen molar-refractivity contribution in [1.29, 1.82) is 0 Å². The number of benzene rings is 1. The second kappa shape index (κ2) is 7.88. The molecule has 0 bridgehead atoms. The van der Waals surface area contributed by atoms with Crippen LogP contribution in [0.15, 0.2) is 35.6 Å². The maximum absolute atomic E-state index is 14.2. The van der Waals surface area contributed by atoms with Gasteiger partial charge in [-0.05, 0) is 17.7 Å². The summed E-state index contributed by atoms with van der Waals surface area (Å²) in [5.41, 5.74) is 2.67. The Bertz CT molecular complexity index is 1130. The molecule has 6 nitrogen and oxygen atoms in total. The van der Waals surface area contributed by atoms with Crippen molar-refractivity contribution < 1.29 is 18.3 Å². The van der Waals surface area contributed by atoms with Crippen LogP contribution in [0.5, 0.6) is 5.75 Å². The van der Waals surface area contributed by atoms with E-state index in [4.69, 9.17) is 14.5 Å². The van der Waals surface area contributed by atoms with Gasteiger partial charge in [-0.1, -0.05) is 11.8 Å². The fourth-order valence-electron chi connectivity index (χ4n) is 3.85. The zero-order chi connectivity index (χ0) is 20.7. The van der Waals surface area contributed by atoms with Gasteiger partial charge in [-0.2, -0.15) is 0 Å². The van der Waals surface area contributed by atoms with Gasteiger partial charge in [0.15, 0.2) is 16.7 Å². The molecular weight excluding hydrogens is 410 g/mol. The first-order valence-corrected chi connectivity index (χ1v) is 10.6. The summed E-state index contributed by atoms with van der Waals surface area (Å²) in [6.45, 7) is 3.81. The van der Waals surface area contributed by atoms with E-state index in [0.29, 0.717) is 23.3 Å². The van der Waals surface area contributed by atoms with E-state index in [1.165, 1.54) is 13.2 Å². The predicted molar refractivity (Wildman–Crippen MR) is 113 cm³/mol. The number of amidine groups is 1. The monoisotopic (exact) mass is 430 g/mol. The van der Waals surface area contributed by atoms with E-state index >= 15 is 0 Å². The van der Waals surface area contributed by atoms with Gasteiger partial charge in [-0.25, -0.2) is 13.8 Å². The average Bonchev–Trinajstić information content (AvgIpc) is 3.41. The van der Waals surface area contributed by atoms with Crippen molar-refractivity contribution in [3.63, 3.8) is 0 Å². The Kier molecular flexibility index (Phi) is 5.08. The van der Waals surface area contributed by atoms with Gasteiger partial charge in [0.1, 0.15) is 11.5 Å². The van der Waals surface area contributed by atoms with Gasteiger partial charge in [-0.3, -0.25) is 4.99 Å². The maximum Gasteiger partial charge on any atom is 0.168 e. The van der Waals surface area contributed by atoms with Crippen molar-refractivity contribution >= 4 is 28.0 Å². The molecule has 3 aromatic rings. The number of thioether (sulfide) groups is 1. The predicted octanol–water partition coefficient (Wildman–Crippen LogP) is 3.99. The van der Waals surface area contributed by atoms with E-state index in [9.17, 15) is 8.78 Å². The van der Waals surface area contributed by atoms with Crippen LogP contribution < -0.4 is 4.74 Å². The van der Waals surface area contributed by atoms with Crippen LogP contribution in [0, 0.1) is 11.6 Å². The molecule has 30 heavy (non-hydrogen) atoms. The number of aromatic nitrogens is 2. The van der Waals surface area contributed by atoms with Crippen molar-refractivity contribution in [3.05, 3.63) is 47.8 Å². The second-order valence-electron chi connectivity index (χ2n) is 7.16. The van der Waals surface area contributed by atoms with Crippen LogP contribution in [0.2, 0.25) is 0 Å². The first kappa shape index (κ1) is 19.3. The second-order valence-corrected chi connectivity index (χ2v) is 8.33. The maximum atomic E-state index is 14.2. The van der Waals surface area contributed by atoms with Gasteiger partial charge in [0.05, 0.1) is 32.1 Å². The summed E-state index contributed by atoms with van der Waals surface area (Å²) in [5.74, 6) is -1.38. The SMILES string of the molecule is COc1c(F)cc(F)cc1-c1c[nH]c2ncc(C3CN=C(N4CCOCC4)S3)cc12. The van der Waals surface area contributed by atoms with Gasteiger partial charge in [0, 0.05) is 48.1 Å². The van der Waals surface area contributed by atoms with Crippen LogP contribution in [0.25, 0.3) is 22.2 Å². The van der Waals surface area contributed by atoms with Crippen LogP contribution >= 0.6 is 11.8 Å². The Hall–Kier alpha value is -2.65. The molecule has 0 saturated carbocycles. The van der Waals surface area contributed by atoms with Gasteiger partial charge >= 0.3 is 0 Å². The van der Waals surface area contributed by atoms with E-state index < -0.39 is 11.6 Å². The van der Waals surface area contributed by atoms with Gasteiger partial charge in [0.25, 0.3) is 0 Å². The minimum atomic E-state index is -0.735. The number of hydrogen-bond acceptors (Lipinski definition) is 6. The molecule has 1 saturated heterocycles. The van der Waals surface area contributed by atoms with Crippen molar-refractivity contribution in [1.82, 2.24) is 14.9 Å². The lowest BCUT2D eigenvalue weighted by Crippen LogP contribution is -2.38. The molecule has 0 spiro atoms. The third kappa shape index (κ3) is 3.41. The van der Waals surface area contributed by atoms with Crippen LogP contribution in [0.4, 0.5) is 8.78 Å². The number of aliphatic imine (C=N–C) groups is 1. The van der Waals surface area contributed by atoms with Crippen molar-refractivity contribution in [2.45, 2.75) is 5.25 Å². The largest absolute Gasteiger partial charge is 0.493 e. The molecule has 2 aliphatic rings. The Labute approximate surface area is 176 Å². The normalized spacial score (nSPS) is 19.4. The number of pyridine rings is 1. The number of H-pyrrole nitrogens is 1. The number of rotatable bonds is 3. The van der Waals surface area contributed by atoms with Gasteiger partial charge in [-0.15, -0.1) is 0 Å². The first-order chi connectivity index (χ1) is 14.6. The molecule has 1 N–H and O–H groups in total. The molecule has 2 aromatic heterocycles. The molecule has 1 aromatic carbocycles. The molecule has 1 fully saturated rings. The number of hydrogen-bond donors (Lipinski definition) is 1. The van der Waals surface area contributed by atoms with E-state index in [1.54, 1.807) is 18.0 Å². The lowest BCUT2D eigenvalue weighted by Gasteiger charge is -2.28. The number of methoxy groups -OCH3 is 1. The Morgan fingerprint density at radius 3 is 2.83 bits per heavy atom. The molecule has 156 valence electrons. The quantitative estimate of drug-likeness (QED) is 0.681. The Morgan fingerprint density at radius 2 is 2.03 bits per heavy atom. The lowest BCUT2D eigenvalue weighted by molar-refractivity contribution is 0.0693. The summed E-state index contributed by atoms with van der Waals surface area (Å²) in [6.07, 6.45) is 3.54. The fraction of sp³-hybridized carbons (Fsp3) is 0.333. The van der Waals surface area contributed by atoms with Gasteiger partial charge < -0.3 is 19.4 Å². The molecule has 9 heteroatoms. The number of nitrogens with one attached hydrogen (secondary N) is 1.